The van der Waals surface area contributed by atoms with Crippen LogP contribution >= 0.6 is 0 Å². The Kier molecular flexibility index (Phi) is 8.09. The molecule has 21 heavy (non-hydrogen) atoms. The van der Waals surface area contributed by atoms with Gasteiger partial charge in [0.2, 0.25) is 5.91 Å². The average molecular weight is 294 g/mol. The Balaban J connectivity index is 2.36. The summed E-state index contributed by atoms with van der Waals surface area (Å²) in [5, 5.41) is 6.13. The number of carbonyl (C=O) groups excluding carboxylic acids is 1. The predicted molar refractivity (Wildman–Crippen MR) is 85.2 cm³/mol. The zero-order valence-electron chi connectivity index (χ0n) is 13.2. The summed E-state index contributed by atoms with van der Waals surface area (Å²) < 4.78 is 10.5. The first-order valence-electron chi connectivity index (χ1n) is 7.43. The Bertz CT molecular complexity index is 436. The van der Waals surface area contributed by atoms with Crippen molar-refractivity contribution in [1.29, 1.82) is 0 Å². The molecule has 0 atom stereocenters. The van der Waals surface area contributed by atoms with Gasteiger partial charge in [0.25, 0.3) is 0 Å². The van der Waals surface area contributed by atoms with E-state index in [1.165, 1.54) is 0 Å². The molecular weight excluding hydrogens is 268 g/mol. The first kappa shape index (κ1) is 17.1. The lowest BCUT2D eigenvalue weighted by Gasteiger charge is -2.12. The summed E-state index contributed by atoms with van der Waals surface area (Å²) in [5.41, 5.74) is 0.829. The van der Waals surface area contributed by atoms with Gasteiger partial charge in [0.15, 0.2) is 0 Å². The van der Waals surface area contributed by atoms with E-state index >= 15 is 0 Å². The van der Waals surface area contributed by atoms with Crippen molar-refractivity contribution in [2.75, 3.05) is 32.6 Å². The molecule has 1 rings (SSSR count). The second kappa shape index (κ2) is 9.91. The van der Waals surface area contributed by atoms with Crippen LogP contribution in [0.4, 0.5) is 5.69 Å². The van der Waals surface area contributed by atoms with Gasteiger partial charge in [0.1, 0.15) is 11.5 Å². The summed E-state index contributed by atoms with van der Waals surface area (Å²) in [7, 11) is 3.24. The van der Waals surface area contributed by atoms with E-state index in [1.54, 1.807) is 14.2 Å². The molecule has 2 N–H and O–H groups in total. The van der Waals surface area contributed by atoms with Crippen molar-refractivity contribution in [3.63, 3.8) is 0 Å². The maximum Gasteiger partial charge on any atom is 0.221 e. The molecule has 1 amide bonds. The van der Waals surface area contributed by atoms with E-state index in [0.717, 1.165) is 43.0 Å². The van der Waals surface area contributed by atoms with Crippen LogP contribution in [0.1, 0.15) is 32.6 Å². The highest BCUT2D eigenvalue weighted by atomic mass is 16.5. The van der Waals surface area contributed by atoms with E-state index in [0.29, 0.717) is 13.0 Å². The van der Waals surface area contributed by atoms with Crippen molar-refractivity contribution in [3.8, 4) is 11.5 Å². The quantitative estimate of drug-likeness (QED) is 0.651. The van der Waals surface area contributed by atoms with Gasteiger partial charge < -0.3 is 20.1 Å². The highest BCUT2D eigenvalue weighted by molar-refractivity contribution is 5.76. The molecule has 1 aromatic carbocycles. The number of ether oxygens (including phenoxy) is 2. The van der Waals surface area contributed by atoms with Crippen molar-refractivity contribution in [3.05, 3.63) is 18.2 Å². The van der Waals surface area contributed by atoms with Gasteiger partial charge in [-0.15, -0.1) is 0 Å². The highest BCUT2D eigenvalue weighted by Crippen LogP contribution is 2.28. The molecule has 0 bridgehead atoms. The molecule has 0 aliphatic rings. The van der Waals surface area contributed by atoms with Gasteiger partial charge in [-0.25, -0.2) is 0 Å². The Morgan fingerprint density at radius 2 is 1.95 bits per heavy atom. The van der Waals surface area contributed by atoms with E-state index in [9.17, 15) is 4.79 Å². The first-order valence-corrected chi connectivity index (χ1v) is 7.43. The number of anilines is 1. The third kappa shape index (κ3) is 6.38. The number of unbranched alkanes of at least 4 members (excludes halogenated alkanes) is 2. The average Bonchev–Trinajstić information content (AvgIpc) is 2.51. The molecule has 0 aliphatic heterocycles. The molecule has 0 radical (unpaired) electrons. The van der Waals surface area contributed by atoms with E-state index in [2.05, 4.69) is 17.6 Å². The maximum absolute atomic E-state index is 11.7. The van der Waals surface area contributed by atoms with Crippen LogP contribution in [0, 0.1) is 0 Å². The number of carbonyl (C=O) groups is 1. The monoisotopic (exact) mass is 294 g/mol. The molecule has 0 aromatic heterocycles. The number of rotatable bonds is 10. The Morgan fingerprint density at radius 1 is 1.14 bits per heavy atom. The van der Waals surface area contributed by atoms with Crippen LogP contribution in [0.15, 0.2) is 18.2 Å². The third-order valence-corrected chi connectivity index (χ3v) is 3.18. The summed E-state index contributed by atoms with van der Waals surface area (Å²) in [5.74, 6) is 1.56. The largest absolute Gasteiger partial charge is 0.497 e. The van der Waals surface area contributed by atoms with Crippen LogP contribution in [0.25, 0.3) is 0 Å². The zero-order valence-corrected chi connectivity index (χ0v) is 13.2. The first-order chi connectivity index (χ1) is 10.2. The fourth-order valence-electron chi connectivity index (χ4n) is 1.95. The molecule has 0 saturated heterocycles. The minimum absolute atomic E-state index is 0.0699. The standard InChI is InChI=1S/C16H26N2O3/c1-4-5-6-10-18-16(19)9-11-17-14-12-13(20-2)7-8-15(14)21-3/h7-8,12,17H,4-6,9-11H2,1-3H3,(H,18,19). The Morgan fingerprint density at radius 3 is 2.62 bits per heavy atom. The van der Waals surface area contributed by atoms with Gasteiger partial charge >= 0.3 is 0 Å². The molecule has 1 aromatic rings. The molecule has 0 fully saturated rings. The molecule has 0 saturated carbocycles. The zero-order chi connectivity index (χ0) is 15.5. The summed E-state index contributed by atoms with van der Waals surface area (Å²) in [6, 6.07) is 5.54. The maximum atomic E-state index is 11.7. The summed E-state index contributed by atoms with van der Waals surface area (Å²) >= 11 is 0. The lowest BCUT2D eigenvalue weighted by molar-refractivity contribution is -0.120. The number of hydrogen-bond donors (Lipinski definition) is 2. The molecule has 0 aliphatic carbocycles. The fraction of sp³-hybridized carbons (Fsp3) is 0.562. The molecular formula is C16H26N2O3. The van der Waals surface area contributed by atoms with Crippen molar-refractivity contribution in [2.45, 2.75) is 32.6 Å². The van der Waals surface area contributed by atoms with E-state index < -0.39 is 0 Å². The lowest BCUT2D eigenvalue weighted by Crippen LogP contribution is -2.26. The summed E-state index contributed by atoms with van der Waals surface area (Å²) in [4.78, 5) is 11.7. The lowest BCUT2D eigenvalue weighted by atomic mass is 10.2. The molecule has 0 heterocycles. The SMILES string of the molecule is CCCCCNC(=O)CCNc1cc(OC)ccc1OC. The number of methoxy groups -OCH3 is 2. The molecule has 5 nitrogen and oxygen atoms in total. The van der Waals surface area contributed by atoms with Gasteiger partial charge in [-0.1, -0.05) is 19.8 Å². The topological polar surface area (TPSA) is 59.6 Å². The number of benzene rings is 1. The van der Waals surface area contributed by atoms with Gasteiger partial charge in [-0.3, -0.25) is 4.79 Å². The Labute approximate surface area is 127 Å². The number of nitrogens with one attached hydrogen (secondary N) is 2. The van der Waals surface area contributed by atoms with Gasteiger partial charge in [-0.05, 0) is 18.6 Å². The van der Waals surface area contributed by atoms with Crippen molar-refractivity contribution in [2.24, 2.45) is 0 Å². The number of hydrogen-bond acceptors (Lipinski definition) is 4. The minimum Gasteiger partial charge on any atom is -0.497 e. The highest BCUT2D eigenvalue weighted by Gasteiger charge is 2.06. The van der Waals surface area contributed by atoms with Crippen LogP contribution in [-0.2, 0) is 4.79 Å². The van der Waals surface area contributed by atoms with Crippen molar-refractivity contribution >= 4 is 11.6 Å². The second-order valence-electron chi connectivity index (χ2n) is 4.80. The molecule has 0 spiro atoms. The van der Waals surface area contributed by atoms with Crippen LogP contribution in [0.3, 0.4) is 0 Å². The van der Waals surface area contributed by atoms with E-state index in [1.807, 2.05) is 18.2 Å². The fourth-order valence-corrected chi connectivity index (χ4v) is 1.95. The molecule has 0 unspecified atom stereocenters. The van der Waals surface area contributed by atoms with Crippen molar-refractivity contribution in [1.82, 2.24) is 5.32 Å². The second-order valence-corrected chi connectivity index (χ2v) is 4.80. The van der Waals surface area contributed by atoms with E-state index in [-0.39, 0.29) is 5.91 Å². The predicted octanol–water partition coefficient (Wildman–Crippen LogP) is 2.81. The normalized spacial score (nSPS) is 10.0. The summed E-state index contributed by atoms with van der Waals surface area (Å²) in [6.07, 6.45) is 3.79. The smallest absolute Gasteiger partial charge is 0.221 e. The Hall–Kier alpha value is -1.91. The molecule has 5 heteroatoms. The van der Waals surface area contributed by atoms with Crippen LogP contribution < -0.4 is 20.1 Å². The minimum atomic E-state index is 0.0699. The van der Waals surface area contributed by atoms with Gasteiger partial charge in [-0.2, -0.15) is 0 Å². The van der Waals surface area contributed by atoms with Crippen LogP contribution in [0.5, 0.6) is 11.5 Å². The van der Waals surface area contributed by atoms with Gasteiger partial charge in [0.05, 0.1) is 19.9 Å². The third-order valence-electron chi connectivity index (χ3n) is 3.18. The number of amides is 1. The van der Waals surface area contributed by atoms with E-state index in [4.69, 9.17) is 9.47 Å². The summed E-state index contributed by atoms with van der Waals surface area (Å²) in [6.45, 7) is 3.46. The van der Waals surface area contributed by atoms with Crippen LogP contribution in [0.2, 0.25) is 0 Å². The van der Waals surface area contributed by atoms with Crippen molar-refractivity contribution < 1.29 is 14.3 Å². The van der Waals surface area contributed by atoms with Crippen LogP contribution in [-0.4, -0.2) is 33.2 Å². The molecule has 118 valence electrons. The van der Waals surface area contributed by atoms with Gasteiger partial charge in [0, 0.05) is 25.6 Å².